The van der Waals surface area contributed by atoms with Crippen molar-refractivity contribution in [1.82, 2.24) is 4.98 Å². The molecule has 0 bridgehead atoms. The predicted molar refractivity (Wildman–Crippen MR) is 44.6 cm³/mol. The van der Waals surface area contributed by atoms with Crippen molar-refractivity contribution in [2.45, 2.75) is 6.92 Å². The molecule has 0 saturated carbocycles. The van der Waals surface area contributed by atoms with Gasteiger partial charge in [0.05, 0.1) is 5.69 Å². The van der Waals surface area contributed by atoms with Crippen LogP contribution in [0.4, 0.5) is 0 Å². The molecule has 0 N–H and O–H groups in total. The molecular formula is C8H7NOS. The van der Waals surface area contributed by atoms with E-state index in [0.717, 1.165) is 17.0 Å². The largest absolute Gasteiger partial charge is 0.443 e. The Morgan fingerprint density at radius 1 is 1.55 bits per heavy atom. The van der Waals surface area contributed by atoms with Crippen LogP contribution < -0.4 is 0 Å². The minimum Gasteiger partial charge on any atom is -0.443 e. The van der Waals surface area contributed by atoms with E-state index in [1.807, 2.05) is 23.8 Å². The van der Waals surface area contributed by atoms with Crippen molar-refractivity contribution in [2.75, 3.05) is 0 Å². The summed E-state index contributed by atoms with van der Waals surface area (Å²) in [5, 5.41) is 4.07. The van der Waals surface area contributed by atoms with Gasteiger partial charge in [-0.1, -0.05) is 0 Å². The van der Waals surface area contributed by atoms with Crippen LogP contribution in [0.15, 0.2) is 27.6 Å². The molecule has 0 unspecified atom stereocenters. The zero-order valence-corrected chi connectivity index (χ0v) is 6.89. The van der Waals surface area contributed by atoms with Gasteiger partial charge in [-0.05, 0) is 18.4 Å². The minimum atomic E-state index is 0.881. The molecule has 0 aliphatic rings. The molecule has 2 heterocycles. The summed E-state index contributed by atoms with van der Waals surface area (Å²) in [5.41, 5.74) is 2.06. The molecule has 56 valence electrons. The monoisotopic (exact) mass is 165 g/mol. The molecule has 0 spiro atoms. The number of nitrogens with zero attached hydrogens (tertiary/aromatic N) is 1. The molecule has 0 atom stereocenters. The molecule has 0 aromatic carbocycles. The number of aryl methyl sites for hydroxylation is 1. The van der Waals surface area contributed by atoms with E-state index >= 15 is 0 Å². The van der Waals surface area contributed by atoms with Crippen LogP contribution in [-0.2, 0) is 0 Å². The highest BCUT2D eigenvalue weighted by atomic mass is 32.1. The third-order valence-corrected chi connectivity index (χ3v) is 2.21. The Kier molecular flexibility index (Phi) is 1.51. The fourth-order valence-corrected chi connectivity index (χ4v) is 1.61. The lowest BCUT2D eigenvalue weighted by atomic mass is 10.2. The molecule has 0 aliphatic carbocycles. The van der Waals surface area contributed by atoms with E-state index in [0.29, 0.717) is 0 Å². The average Bonchev–Trinajstić information content (AvgIpc) is 2.55. The number of hydrogen-bond donors (Lipinski definition) is 0. The van der Waals surface area contributed by atoms with Gasteiger partial charge in [-0.15, -0.1) is 0 Å². The van der Waals surface area contributed by atoms with Crippen molar-refractivity contribution in [3.63, 3.8) is 0 Å². The van der Waals surface area contributed by atoms with E-state index in [-0.39, 0.29) is 0 Å². The predicted octanol–water partition coefficient (Wildman–Crippen LogP) is 2.71. The van der Waals surface area contributed by atoms with Crippen molar-refractivity contribution in [2.24, 2.45) is 0 Å². The van der Waals surface area contributed by atoms with Crippen LogP contribution in [0.25, 0.3) is 11.3 Å². The van der Waals surface area contributed by atoms with Crippen LogP contribution in [0.3, 0.4) is 0 Å². The first-order chi connectivity index (χ1) is 5.38. The summed E-state index contributed by atoms with van der Waals surface area (Å²) in [6, 6.07) is 2.03. The highest BCUT2D eigenvalue weighted by Crippen LogP contribution is 2.24. The summed E-state index contributed by atoms with van der Waals surface area (Å²) in [4.78, 5) is 4.01. The highest BCUT2D eigenvalue weighted by molar-refractivity contribution is 7.08. The lowest BCUT2D eigenvalue weighted by molar-refractivity contribution is 0.571. The SMILES string of the molecule is Cc1ncoc1-c1ccsc1. The molecule has 2 aromatic heterocycles. The fourth-order valence-electron chi connectivity index (χ4n) is 0.973. The number of rotatable bonds is 1. The zero-order valence-electron chi connectivity index (χ0n) is 6.07. The van der Waals surface area contributed by atoms with Crippen LogP contribution in [0, 0.1) is 6.92 Å². The number of aromatic nitrogens is 1. The van der Waals surface area contributed by atoms with Gasteiger partial charge in [-0.3, -0.25) is 0 Å². The molecular weight excluding hydrogens is 158 g/mol. The third kappa shape index (κ3) is 1.07. The van der Waals surface area contributed by atoms with Gasteiger partial charge in [0, 0.05) is 10.9 Å². The van der Waals surface area contributed by atoms with Crippen molar-refractivity contribution in [1.29, 1.82) is 0 Å². The van der Waals surface area contributed by atoms with Crippen molar-refractivity contribution in [3.8, 4) is 11.3 Å². The summed E-state index contributed by atoms with van der Waals surface area (Å²) in [7, 11) is 0. The Bertz CT molecular complexity index is 337. The summed E-state index contributed by atoms with van der Waals surface area (Å²) in [5.74, 6) is 0.881. The van der Waals surface area contributed by atoms with Gasteiger partial charge in [0.25, 0.3) is 0 Å². The second kappa shape index (κ2) is 2.51. The minimum absolute atomic E-state index is 0.881. The molecule has 2 nitrogen and oxygen atoms in total. The van der Waals surface area contributed by atoms with Gasteiger partial charge in [-0.25, -0.2) is 4.98 Å². The summed E-state index contributed by atoms with van der Waals surface area (Å²) in [6.07, 6.45) is 1.47. The maximum Gasteiger partial charge on any atom is 0.181 e. The maximum absolute atomic E-state index is 5.20. The van der Waals surface area contributed by atoms with Gasteiger partial charge in [0.1, 0.15) is 0 Å². The van der Waals surface area contributed by atoms with Crippen molar-refractivity contribution < 1.29 is 4.42 Å². The van der Waals surface area contributed by atoms with E-state index in [1.54, 1.807) is 11.3 Å². The molecule has 0 aliphatic heterocycles. The smallest absolute Gasteiger partial charge is 0.181 e. The van der Waals surface area contributed by atoms with Crippen LogP contribution in [0.5, 0.6) is 0 Å². The topological polar surface area (TPSA) is 26.0 Å². The van der Waals surface area contributed by atoms with Crippen molar-refractivity contribution >= 4 is 11.3 Å². The molecule has 3 heteroatoms. The molecule has 0 saturated heterocycles. The quantitative estimate of drug-likeness (QED) is 0.649. The van der Waals surface area contributed by atoms with Crippen LogP contribution in [-0.4, -0.2) is 4.98 Å². The van der Waals surface area contributed by atoms with Gasteiger partial charge in [0.2, 0.25) is 0 Å². The zero-order chi connectivity index (χ0) is 7.68. The second-order valence-electron chi connectivity index (χ2n) is 2.28. The van der Waals surface area contributed by atoms with E-state index < -0.39 is 0 Å². The highest BCUT2D eigenvalue weighted by Gasteiger charge is 2.05. The number of hydrogen-bond acceptors (Lipinski definition) is 3. The standard InChI is InChI=1S/C8H7NOS/c1-6-8(10-5-9-6)7-2-3-11-4-7/h2-5H,1H3. The molecule has 2 aromatic rings. The first-order valence-electron chi connectivity index (χ1n) is 3.30. The third-order valence-electron chi connectivity index (χ3n) is 1.53. The Morgan fingerprint density at radius 3 is 3.00 bits per heavy atom. The van der Waals surface area contributed by atoms with E-state index in [4.69, 9.17) is 4.42 Å². The van der Waals surface area contributed by atoms with Gasteiger partial charge in [-0.2, -0.15) is 11.3 Å². The first kappa shape index (κ1) is 6.61. The Balaban J connectivity index is 2.53. The second-order valence-corrected chi connectivity index (χ2v) is 3.06. The average molecular weight is 165 g/mol. The lowest BCUT2D eigenvalue weighted by Crippen LogP contribution is -1.73. The van der Waals surface area contributed by atoms with E-state index in [9.17, 15) is 0 Å². The maximum atomic E-state index is 5.20. The molecule has 2 rings (SSSR count). The molecule has 11 heavy (non-hydrogen) atoms. The Morgan fingerprint density at radius 2 is 2.45 bits per heavy atom. The molecule has 0 fully saturated rings. The van der Waals surface area contributed by atoms with Gasteiger partial charge < -0.3 is 4.42 Å². The van der Waals surface area contributed by atoms with Gasteiger partial charge in [0.15, 0.2) is 12.2 Å². The number of thiophene rings is 1. The fraction of sp³-hybridized carbons (Fsp3) is 0.125. The normalized spacial score (nSPS) is 10.3. The summed E-state index contributed by atoms with van der Waals surface area (Å²) in [6.45, 7) is 1.94. The van der Waals surface area contributed by atoms with E-state index in [1.165, 1.54) is 6.39 Å². The first-order valence-corrected chi connectivity index (χ1v) is 4.25. The van der Waals surface area contributed by atoms with Gasteiger partial charge >= 0.3 is 0 Å². The Hall–Kier alpha value is -1.09. The van der Waals surface area contributed by atoms with Crippen LogP contribution >= 0.6 is 11.3 Å². The number of oxazole rings is 1. The molecule has 0 radical (unpaired) electrons. The van der Waals surface area contributed by atoms with Crippen LogP contribution in [0.1, 0.15) is 5.69 Å². The summed E-state index contributed by atoms with van der Waals surface area (Å²) < 4.78 is 5.20. The summed E-state index contributed by atoms with van der Waals surface area (Å²) >= 11 is 1.66. The van der Waals surface area contributed by atoms with Crippen LogP contribution in [0.2, 0.25) is 0 Å². The molecule has 0 amide bonds. The Labute approximate surface area is 68.5 Å². The van der Waals surface area contributed by atoms with E-state index in [2.05, 4.69) is 4.98 Å². The lowest BCUT2D eigenvalue weighted by Gasteiger charge is -1.89. The van der Waals surface area contributed by atoms with Crippen molar-refractivity contribution in [3.05, 3.63) is 28.9 Å².